The molecule has 1 atom stereocenters. The van der Waals surface area contributed by atoms with Crippen molar-refractivity contribution in [3.8, 4) is 0 Å². The normalized spacial score (nSPS) is 29.8. The molecule has 92 valence electrons. The van der Waals surface area contributed by atoms with Crippen molar-refractivity contribution in [3.05, 3.63) is 0 Å². The van der Waals surface area contributed by atoms with Gasteiger partial charge in [-0.05, 0) is 55.8 Å². The Morgan fingerprint density at radius 2 is 2.00 bits per heavy atom. The summed E-state index contributed by atoms with van der Waals surface area (Å²) in [5.41, 5.74) is 0.709. The maximum absolute atomic E-state index is 5.34. The second kappa shape index (κ2) is 4.30. The number of rotatable bonds is 7. The average molecular weight is 223 g/mol. The molecule has 0 amide bonds. The second-order valence-electron chi connectivity index (χ2n) is 6.27. The Kier molecular flexibility index (Phi) is 2.97. The third-order valence-corrected chi connectivity index (χ3v) is 5.05. The van der Waals surface area contributed by atoms with Crippen molar-refractivity contribution in [2.45, 2.75) is 51.0 Å². The van der Waals surface area contributed by atoms with Gasteiger partial charge in [0, 0.05) is 19.7 Å². The van der Waals surface area contributed by atoms with Crippen LogP contribution >= 0.6 is 0 Å². The third kappa shape index (κ3) is 2.14. The van der Waals surface area contributed by atoms with Crippen LogP contribution in [0.5, 0.6) is 0 Å². The van der Waals surface area contributed by atoms with E-state index in [1.807, 2.05) is 7.11 Å². The quantitative estimate of drug-likeness (QED) is 0.716. The summed E-state index contributed by atoms with van der Waals surface area (Å²) in [4.78, 5) is 0. The van der Waals surface area contributed by atoms with E-state index in [9.17, 15) is 0 Å². The SMILES string of the molecule is COCC(NCC1(C2CC2)CCC1)C1CC1. The van der Waals surface area contributed by atoms with Crippen molar-refractivity contribution >= 4 is 0 Å². The highest BCUT2D eigenvalue weighted by Gasteiger charge is 2.49. The number of ether oxygens (including phenoxy) is 1. The van der Waals surface area contributed by atoms with Crippen molar-refractivity contribution in [3.63, 3.8) is 0 Å². The van der Waals surface area contributed by atoms with Crippen LogP contribution < -0.4 is 5.32 Å². The molecular weight excluding hydrogens is 198 g/mol. The Morgan fingerprint density at radius 1 is 1.25 bits per heavy atom. The summed E-state index contributed by atoms with van der Waals surface area (Å²) < 4.78 is 5.34. The third-order valence-electron chi connectivity index (χ3n) is 5.05. The van der Waals surface area contributed by atoms with Gasteiger partial charge in [0.15, 0.2) is 0 Å². The minimum absolute atomic E-state index is 0.640. The zero-order chi connectivity index (χ0) is 11.0. The number of hydrogen-bond donors (Lipinski definition) is 1. The lowest BCUT2D eigenvalue weighted by Gasteiger charge is -2.43. The Morgan fingerprint density at radius 3 is 2.44 bits per heavy atom. The van der Waals surface area contributed by atoms with Gasteiger partial charge in [0.25, 0.3) is 0 Å². The molecule has 0 aliphatic heterocycles. The molecule has 1 unspecified atom stereocenters. The molecule has 16 heavy (non-hydrogen) atoms. The molecule has 0 heterocycles. The van der Waals surface area contributed by atoms with Gasteiger partial charge in [0.05, 0.1) is 6.61 Å². The van der Waals surface area contributed by atoms with Crippen LogP contribution in [0, 0.1) is 17.3 Å². The number of methoxy groups -OCH3 is 1. The standard InChI is InChI=1S/C14H25NO/c1-16-9-13(11-3-4-11)15-10-14(7-2-8-14)12-5-6-12/h11-13,15H,2-10H2,1H3. The van der Waals surface area contributed by atoms with Gasteiger partial charge in [0.1, 0.15) is 0 Å². The van der Waals surface area contributed by atoms with E-state index in [1.54, 1.807) is 0 Å². The lowest BCUT2D eigenvalue weighted by molar-refractivity contribution is 0.0811. The lowest BCUT2D eigenvalue weighted by Crippen LogP contribution is -2.47. The molecule has 3 saturated carbocycles. The van der Waals surface area contributed by atoms with Crippen LogP contribution in [0.1, 0.15) is 44.9 Å². The summed E-state index contributed by atoms with van der Waals surface area (Å²) in [6.07, 6.45) is 10.3. The molecular formula is C14H25NO. The summed E-state index contributed by atoms with van der Waals surface area (Å²) in [6.45, 7) is 2.17. The highest BCUT2D eigenvalue weighted by molar-refractivity contribution is 5.01. The Labute approximate surface area is 99.1 Å². The molecule has 1 N–H and O–H groups in total. The molecule has 0 radical (unpaired) electrons. The summed E-state index contributed by atoms with van der Waals surface area (Å²) >= 11 is 0. The molecule has 3 rings (SSSR count). The predicted octanol–water partition coefficient (Wildman–Crippen LogP) is 2.58. The summed E-state index contributed by atoms with van der Waals surface area (Å²) in [5, 5.41) is 3.82. The lowest BCUT2D eigenvalue weighted by atomic mass is 9.65. The van der Waals surface area contributed by atoms with Gasteiger partial charge in [0.2, 0.25) is 0 Å². The Hall–Kier alpha value is -0.0800. The predicted molar refractivity (Wildman–Crippen MR) is 65.4 cm³/mol. The highest BCUT2D eigenvalue weighted by atomic mass is 16.5. The van der Waals surface area contributed by atoms with Crippen molar-refractivity contribution < 1.29 is 4.74 Å². The Bertz CT molecular complexity index is 241. The van der Waals surface area contributed by atoms with Gasteiger partial charge in [-0.2, -0.15) is 0 Å². The Balaban J connectivity index is 1.49. The van der Waals surface area contributed by atoms with E-state index >= 15 is 0 Å². The van der Waals surface area contributed by atoms with Crippen molar-refractivity contribution in [2.24, 2.45) is 17.3 Å². The van der Waals surface area contributed by atoms with Gasteiger partial charge >= 0.3 is 0 Å². The first kappa shape index (κ1) is 11.0. The van der Waals surface area contributed by atoms with Crippen LogP contribution in [-0.2, 0) is 4.74 Å². The van der Waals surface area contributed by atoms with Crippen LogP contribution in [0.25, 0.3) is 0 Å². The first-order chi connectivity index (χ1) is 7.84. The monoisotopic (exact) mass is 223 g/mol. The molecule has 0 aromatic rings. The van der Waals surface area contributed by atoms with E-state index in [2.05, 4.69) is 5.32 Å². The van der Waals surface area contributed by atoms with Crippen molar-refractivity contribution in [1.29, 1.82) is 0 Å². The minimum atomic E-state index is 0.640. The maximum atomic E-state index is 5.34. The van der Waals surface area contributed by atoms with E-state index in [1.165, 1.54) is 51.5 Å². The van der Waals surface area contributed by atoms with Crippen LogP contribution in [0.3, 0.4) is 0 Å². The zero-order valence-electron chi connectivity index (χ0n) is 10.5. The van der Waals surface area contributed by atoms with Gasteiger partial charge in [-0.3, -0.25) is 0 Å². The van der Waals surface area contributed by atoms with Crippen LogP contribution in [0.2, 0.25) is 0 Å². The van der Waals surface area contributed by atoms with E-state index < -0.39 is 0 Å². The van der Waals surface area contributed by atoms with Gasteiger partial charge in [-0.25, -0.2) is 0 Å². The summed E-state index contributed by atoms with van der Waals surface area (Å²) in [7, 11) is 1.83. The van der Waals surface area contributed by atoms with E-state index in [0.717, 1.165) is 18.4 Å². The smallest absolute Gasteiger partial charge is 0.0618 e. The fraction of sp³-hybridized carbons (Fsp3) is 1.00. The number of nitrogens with one attached hydrogen (secondary N) is 1. The largest absolute Gasteiger partial charge is 0.383 e. The fourth-order valence-corrected chi connectivity index (χ4v) is 3.43. The van der Waals surface area contributed by atoms with Crippen LogP contribution in [0.15, 0.2) is 0 Å². The van der Waals surface area contributed by atoms with Crippen molar-refractivity contribution in [2.75, 3.05) is 20.3 Å². The van der Waals surface area contributed by atoms with Gasteiger partial charge in [-0.15, -0.1) is 0 Å². The summed E-state index contributed by atoms with van der Waals surface area (Å²) in [6, 6.07) is 0.640. The molecule has 3 aliphatic rings. The molecule has 2 nitrogen and oxygen atoms in total. The molecule has 0 spiro atoms. The first-order valence-electron chi connectivity index (χ1n) is 7.06. The van der Waals surface area contributed by atoms with E-state index in [4.69, 9.17) is 4.74 Å². The molecule has 0 aromatic heterocycles. The van der Waals surface area contributed by atoms with Gasteiger partial charge < -0.3 is 10.1 Å². The van der Waals surface area contributed by atoms with E-state index in [-0.39, 0.29) is 0 Å². The molecule has 3 fully saturated rings. The number of hydrogen-bond acceptors (Lipinski definition) is 2. The first-order valence-corrected chi connectivity index (χ1v) is 7.06. The average Bonchev–Trinajstić information content (AvgIpc) is 3.06. The molecule has 2 heteroatoms. The minimum Gasteiger partial charge on any atom is -0.383 e. The fourth-order valence-electron chi connectivity index (χ4n) is 3.43. The molecule has 0 saturated heterocycles. The second-order valence-corrected chi connectivity index (χ2v) is 6.27. The molecule has 0 aromatic carbocycles. The molecule has 3 aliphatic carbocycles. The van der Waals surface area contributed by atoms with Gasteiger partial charge in [-0.1, -0.05) is 6.42 Å². The van der Waals surface area contributed by atoms with Crippen molar-refractivity contribution in [1.82, 2.24) is 5.32 Å². The van der Waals surface area contributed by atoms with Crippen LogP contribution in [0.4, 0.5) is 0 Å². The maximum Gasteiger partial charge on any atom is 0.0618 e. The van der Waals surface area contributed by atoms with E-state index in [0.29, 0.717) is 11.5 Å². The topological polar surface area (TPSA) is 21.3 Å². The zero-order valence-corrected chi connectivity index (χ0v) is 10.5. The summed E-state index contributed by atoms with van der Waals surface area (Å²) in [5.74, 6) is 1.98. The highest BCUT2D eigenvalue weighted by Crippen LogP contribution is 2.56. The van der Waals surface area contributed by atoms with Crippen LogP contribution in [-0.4, -0.2) is 26.3 Å². The molecule has 0 bridgehead atoms.